The van der Waals surface area contributed by atoms with Gasteiger partial charge in [0.2, 0.25) is 5.76 Å². The third kappa shape index (κ3) is 2.13. The molecule has 26 heavy (non-hydrogen) atoms. The number of carbonyl (C=O) groups is 1. The van der Waals surface area contributed by atoms with Gasteiger partial charge in [-0.25, -0.2) is 18.9 Å². The van der Waals surface area contributed by atoms with Gasteiger partial charge in [-0.1, -0.05) is 0 Å². The largest absolute Gasteiger partial charge is 0.438 e. The van der Waals surface area contributed by atoms with Gasteiger partial charge < -0.3 is 14.3 Å². The first-order valence-corrected chi connectivity index (χ1v) is 8.08. The van der Waals surface area contributed by atoms with Crippen molar-refractivity contribution in [1.29, 1.82) is 0 Å². The second-order valence-corrected chi connectivity index (χ2v) is 6.04. The lowest BCUT2D eigenvalue weighted by Crippen LogP contribution is -2.40. The third-order valence-electron chi connectivity index (χ3n) is 4.58. The third-order valence-corrected chi connectivity index (χ3v) is 4.58. The van der Waals surface area contributed by atoms with Crippen molar-refractivity contribution < 1.29 is 13.6 Å². The van der Waals surface area contributed by atoms with E-state index in [1.165, 1.54) is 23.2 Å². The SMILES string of the molecule is O=C(c1cnco1)N1CCc2[nH]cnc2[C@H]1c1cc2c(F)cccn2n1. The van der Waals surface area contributed by atoms with Crippen LogP contribution in [0.5, 0.6) is 0 Å². The standard InChI is InChI=1S/C17H13FN6O2/c18-10-2-1-4-24-13(10)6-12(22-24)16-15-11(20-8-21-15)3-5-23(16)17(25)14-7-19-9-26-14/h1-2,4,6-9,16H,3,5H2,(H,20,21)/t16-/m1/s1. The summed E-state index contributed by atoms with van der Waals surface area (Å²) >= 11 is 0. The number of hydrogen-bond donors (Lipinski definition) is 1. The van der Waals surface area contributed by atoms with Gasteiger partial charge in [-0.15, -0.1) is 0 Å². The Balaban J connectivity index is 1.66. The number of halogens is 1. The molecule has 0 saturated heterocycles. The van der Waals surface area contributed by atoms with Gasteiger partial charge >= 0.3 is 0 Å². The summed E-state index contributed by atoms with van der Waals surface area (Å²) in [4.78, 5) is 25.8. The highest BCUT2D eigenvalue weighted by Gasteiger charge is 2.37. The van der Waals surface area contributed by atoms with Crippen molar-refractivity contribution >= 4 is 11.4 Å². The van der Waals surface area contributed by atoms with Crippen LogP contribution in [-0.2, 0) is 6.42 Å². The predicted molar refractivity (Wildman–Crippen MR) is 86.8 cm³/mol. The van der Waals surface area contributed by atoms with Crippen LogP contribution in [0.15, 0.2) is 47.7 Å². The van der Waals surface area contributed by atoms with E-state index in [0.717, 1.165) is 5.69 Å². The first-order chi connectivity index (χ1) is 12.7. The molecule has 1 atom stereocenters. The number of nitrogens with zero attached hydrogens (tertiary/aromatic N) is 5. The van der Waals surface area contributed by atoms with Gasteiger partial charge in [0.15, 0.2) is 6.39 Å². The van der Waals surface area contributed by atoms with E-state index in [-0.39, 0.29) is 17.5 Å². The number of fused-ring (bicyclic) bond motifs is 2. The lowest BCUT2D eigenvalue weighted by Gasteiger charge is -2.33. The van der Waals surface area contributed by atoms with Crippen LogP contribution in [0.4, 0.5) is 4.39 Å². The van der Waals surface area contributed by atoms with Crippen LogP contribution in [0.25, 0.3) is 5.52 Å². The predicted octanol–water partition coefficient (Wildman–Crippen LogP) is 1.97. The second kappa shape index (κ2) is 5.51. The molecule has 130 valence electrons. The molecule has 1 aliphatic heterocycles. The summed E-state index contributed by atoms with van der Waals surface area (Å²) in [6.07, 6.45) is 6.48. The van der Waals surface area contributed by atoms with Crippen molar-refractivity contribution in [2.45, 2.75) is 12.5 Å². The van der Waals surface area contributed by atoms with Crippen LogP contribution in [0.1, 0.15) is 33.7 Å². The average Bonchev–Trinajstić information content (AvgIpc) is 3.39. The molecule has 0 unspecified atom stereocenters. The van der Waals surface area contributed by atoms with Gasteiger partial charge in [0.1, 0.15) is 17.4 Å². The van der Waals surface area contributed by atoms with Crippen molar-refractivity contribution in [2.24, 2.45) is 0 Å². The molecule has 0 aliphatic carbocycles. The molecule has 0 bridgehead atoms. The summed E-state index contributed by atoms with van der Waals surface area (Å²) in [6.45, 7) is 0.454. The number of aromatic nitrogens is 5. The topological polar surface area (TPSA) is 92.3 Å². The summed E-state index contributed by atoms with van der Waals surface area (Å²) in [7, 11) is 0. The van der Waals surface area contributed by atoms with E-state index in [9.17, 15) is 9.18 Å². The van der Waals surface area contributed by atoms with Crippen molar-refractivity contribution in [1.82, 2.24) is 29.5 Å². The Bertz CT molecular complexity index is 1100. The zero-order valence-corrected chi connectivity index (χ0v) is 13.5. The Hall–Kier alpha value is -3.49. The molecule has 9 heteroatoms. The Morgan fingerprint density at radius 3 is 3.15 bits per heavy atom. The second-order valence-electron chi connectivity index (χ2n) is 6.04. The van der Waals surface area contributed by atoms with Gasteiger partial charge in [0.25, 0.3) is 5.91 Å². The maximum absolute atomic E-state index is 14.1. The van der Waals surface area contributed by atoms with Gasteiger partial charge in [0, 0.05) is 24.9 Å². The van der Waals surface area contributed by atoms with Crippen molar-refractivity contribution in [2.75, 3.05) is 6.54 Å². The van der Waals surface area contributed by atoms with Crippen molar-refractivity contribution in [3.05, 3.63) is 72.0 Å². The first-order valence-electron chi connectivity index (χ1n) is 8.08. The highest BCUT2D eigenvalue weighted by molar-refractivity contribution is 5.91. The Labute approximate surface area is 146 Å². The molecular weight excluding hydrogens is 339 g/mol. The van der Waals surface area contributed by atoms with Gasteiger partial charge in [0.05, 0.1) is 23.9 Å². The van der Waals surface area contributed by atoms with E-state index in [2.05, 4.69) is 20.1 Å². The fourth-order valence-electron chi connectivity index (χ4n) is 3.39. The highest BCUT2D eigenvalue weighted by Crippen LogP contribution is 2.34. The fraction of sp³-hybridized carbons (Fsp3) is 0.176. The summed E-state index contributed by atoms with van der Waals surface area (Å²) in [6, 6.07) is 4.06. The van der Waals surface area contributed by atoms with Crippen LogP contribution in [-0.4, -0.2) is 41.9 Å². The number of rotatable bonds is 2. The molecule has 0 spiro atoms. The molecule has 8 nitrogen and oxygen atoms in total. The zero-order valence-electron chi connectivity index (χ0n) is 13.5. The molecule has 1 aliphatic rings. The lowest BCUT2D eigenvalue weighted by atomic mass is 9.99. The van der Waals surface area contributed by atoms with Gasteiger partial charge in [-0.2, -0.15) is 5.10 Å². The molecule has 0 radical (unpaired) electrons. The Morgan fingerprint density at radius 1 is 1.42 bits per heavy atom. The van der Waals surface area contributed by atoms with E-state index in [1.807, 2.05) is 0 Å². The minimum Gasteiger partial charge on any atom is -0.438 e. The van der Waals surface area contributed by atoms with Crippen LogP contribution in [0.3, 0.4) is 0 Å². The van der Waals surface area contributed by atoms with E-state index in [0.29, 0.717) is 29.9 Å². The molecule has 4 aromatic rings. The molecule has 4 aromatic heterocycles. The molecule has 0 aromatic carbocycles. The number of nitrogens with one attached hydrogen (secondary N) is 1. The number of aromatic amines is 1. The minimum atomic E-state index is -0.540. The molecule has 1 N–H and O–H groups in total. The minimum absolute atomic E-state index is 0.143. The van der Waals surface area contributed by atoms with Gasteiger partial charge in [-0.05, 0) is 18.2 Å². The maximum Gasteiger partial charge on any atom is 0.292 e. The number of carbonyl (C=O) groups excluding carboxylic acids is 1. The number of oxazole rings is 1. The molecule has 0 fully saturated rings. The maximum atomic E-state index is 14.1. The summed E-state index contributed by atoms with van der Waals surface area (Å²) < 4.78 is 20.7. The molecule has 0 saturated carbocycles. The molecule has 1 amide bonds. The van der Waals surface area contributed by atoms with Crippen LogP contribution in [0.2, 0.25) is 0 Å². The zero-order chi connectivity index (χ0) is 17.7. The summed E-state index contributed by atoms with van der Waals surface area (Å²) in [5.74, 6) is -0.542. The lowest BCUT2D eigenvalue weighted by molar-refractivity contribution is 0.0654. The molecule has 5 heterocycles. The van der Waals surface area contributed by atoms with Crippen LogP contribution in [0, 0.1) is 5.82 Å². The van der Waals surface area contributed by atoms with Crippen LogP contribution < -0.4 is 0 Å². The Kier molecular flexibility index (Phi) is 3.14. The first kappa shape index (κ1) is 14.8. The van der Waals surface area contributed by atoms with Gasteiger partial charge in [-0.3, -0.25) is 4.79 Å². The number of imidazole rings is 1. The summed E-state index contributed by atoms with van der Waals surface area (Å²) in [5.41, 5.74) is 2.52. The smallest absolute Gasteiger partial charge is 0.292 e. The normalized spacial score (nSPS) is 16.8. The monoisotopic (exact) mass is 352 g/mol. The number of pyridine rings is 1. The van der Waals surface area contributed by atoms with E-state index < -0.39 is 6.04 Å². The molecular formula is C17H13FN6O2. The molecule has 5 rings (SSSR count). The Morgan fingerprint density at radius 2 is 2.35 bits per heavy atom. The summed E-state index contributed by atoms with van der Waals surface area (Å²) in [5, 5.41) is 4.47. The van der Waals surface area contributed by atoms with Crippen molar-refractivity contribution in [3.63, 3.8) is 0 Å². The van der Waals surface area contributed by atoms with E-state index >= 15 is 0 Å². The van der Waals surface area contributed by atoms with Crippen molar-refractivity contribution in [3.8, 4) is 0 Å². The van der Waals surface area contributed by atoms with E-state index in [1.54, 1.807) is 29.6 Å². The van der Waals surface area contributed by atoms with Crippen LogP contribution >= 0.6 is 0 Å². The number of hydrogen-bond acceptors (Lipinski definition) is 5. The highest BCUT2D eigenvalue weighted by atomic mass is 19.1. The average molecular weight is 352 g/mol. The quantitative estimate of drug-likeness (QED) is 0.595. The number of H-pyrrole nitrogens is 1. The van der Waals surface area contributed by atoms with E-state index in [4.69, 9.17) is 4.42 Å². The number of amides is 1. The fourth-order valence-corrected chi connectivity index (χ4v) is 3.39.